The maximum Gasteiger partial charge on any atom is 0.227 e. The maximum absolute atomic E-state index is 12.7. The third-order valence-electron chi connectivity index (χ3n) is 3.85. The van der Waals surface area contributed by atoms with E-state index in [0.29, 0.717) is 19.5 Å². The highest BCUT2D eigenvalue weighted by atomic mass is 16.2. The first kappa shape index (κ1) is 17.2. The van der Waals surface area contributed by atoms with E-state index in [4.69, 9.17) is 5.26 Å². The van der Waals surface area contributed by atoms with Gasteiger partial charge in [0.05, 0.1) is 24.6 Å². The summed E-state index contributed by atoms with van der Waals surface area (Å²) in [6.07, 6.45) is 5.49. The minimum Gasteiger partial charge on any atom is -0.337 e. The zero-order chi connectivity index (χ0) is 18.2. The molecule has 3 aromatic rings. The minimum atomic E-state index is -0.0284. The predicted molar refractivity (Wildman–Crippen MR) is 92.7 cm³/mol. The van der Waals surface area contributed by atoms with E-state index in [1.165, 1.54) is 6.33 Å². The third-order valence-corrected chi connectivity index (χ3v) is 3.85. The van der Waals surface area contributed by atoms with Gasteiger partial charge in [-0.3, -0.25) is 9.78 Å². The number of rotatable bonds is 7. The van der Waals surface area contributed by atoms with Crippen molar-refractivity contribution in [2.24, 2.45) is 0 Å². The Labute approximate surface area is 150 Å². The topological polar surface area (TPSA) is 101 Å². The van der Waals surface area contributed by atoms with Gasteiger partial charge in [-0.1, -0.05) is 18.2 Å². The monoisotopic (exact) mass is 347 g/mol. The van der Waals surface area contributed by atoms with Crippen LogP contribution in [0.25, 0.3) is 5.69 Å². The Hall–Kier alpha value is -3.60. The van der Waals surface area contributed by atoms with E-state index in [1.54, 1.807) is 22.0 Å². The van der Waals surface area contributed by atoms with Crippen molar-refractivity contribution in [2.75, 3.05) is 6.54 Å². The fourth-order valence-corrected chi connectivity index (χ4v) is 2.52. The van der Waals surface area contributed by atoms with Crippen LogP contribution < -0.4 is 0 Å². The Balaban J connectivity index is 1.67. The molecule has 0 saturated heterocycles. The van der Waals surface area contributed by atoms with Crippen LogP contribution in [0.2, 0.25) is 0 Å². The lowest BCUT2D eigenvalue weighted by Crippen LogP contribution is -2.32. The zero-order valence-electron chi connectivity index (χ0n) is 14.1. The number of hydrogen-bond acceptors (Lipinski definition) is 6. The standard InChI is InChI=1S/C18H17N7O/c19-8-2-10-24(13-16-3-1-9-20-12-16)18(26)11-15-4-6-17(7-5-15)25-14-21-22-23-25/h1,3-7,9,12,14H,2,10-11,13H2. The van der Waals surface area contributed by atoms with Crippen molar-refractivity contribution in [3.63, 3.8) is 0 Å². The van der Waals surface area contributed by atoms with Crippen molar-refractivity contribution >= 4 is 5.91 Å². The Morgan fingerprint density at radius 2 is 2.04 bits per heavy atom. The van der Waals surface area contributed by atoms with Crippen molar-refractivity contribution in [1.29, 1.82) is 5.26 Å². The molecule has 8 heteroatoms. The molecule has 26 heavy (non-hydrogen) atoms. The van der Waals surface area contributed by atoms with Gasteiger partial charge in [0.2, 0.25) is 5.91 Å². The lowest BCUT2D eigenvalue weighted by Gasteiger charge is -2.21. The fraction of sp³-hybridized carbons (Fsp3) is 0.222. The molecule has 0 unspecified atom stereocenters. The summed E-state index contributed by atoms with van der Waals surface area (Å²) in [5.74, 6) is -0.0284. The Kier molecular flexibility index (Phi) is 5.62. The number of nitriles is 1. The summed E-state index contributed by atoms with van der Waals surface area (Å²) in [6, 6.07) is 13.3. The molecule has 130 valence electrons. The summed E-state index contributed by atoms with van der Waals surface area (Å²) in [7, 11) is 0. The number of pyridine rings is 1. The molecule has 8 nitrogen and oxygen atoms in total. The highest BCUT2D eigenvalue weighted by Crippen LogP contribution is 2.11. The fourth-order valence-electron chi connectivity index (χ4n) is 2.52. The smallest absolute Gasteiger partial charge is 0.227 e. The Morgan fingerprint density at radius 1 is 1.19 bits per heavy atom. The lowest BCUT2D eigenvalue weighted by molar-refractivity contribution is -0.131. The van der Waals surface area contributed by atoms with Gasteiger partial charge in [0.1, 0.15) is 6.33 Å². The average Bonchev–Trinajstić information content (AvgIpc) is 3.21. The van der Waals surface area contributed by atoms with Gasteiger partial charge in [-0.25, -0.2) is 4.68 Å². The molecule has 1 amide bonds. The average molecular weight is 347 g/mol. The Morgan fingerprint density at radius 3 is 2.69 bits per heavy atom. The molecule has 0 aliphatic rings. The van der Waals surface area contributed by atoms with Crippen molar-refractivity contribution in [2.45, 2.75) is 19.4 Å². The van der Waals surface area contributed by atoms with Gasteiger partial charge in [0.15, 0.2) is 0 Å². The molecular formula is C18H17N7O. The molecule has 0 aliphatic carbocycles. The number of aromatic nitrogens is 5. The van der Waals surface area contributed by atoms with Crippen LogP contribution in [0, 0.1) is 11.3 Å². The summed E-state index contributed by atoms with van der Waals surface area (Å²) >= 11 is 0. The van der Waals surface area contributed by atoms with Gasteiger partial charge in [-0.15, -0.1) is 5.10 Å². The molecule has 0 fully saturated rings. The van der Waals surface area contributed by atoms with Gasteiger partial charge >= 0.3 is 0 Å². The van der Waals surface area contributed by atoms with E-state index in [-0.39, 0.29) is 12.3 Å². The largest absolute Gasteiger partial charge is 0.337 e. The van der Waals surface area contributed by atoms with Crippen LogP contribution in [-0.2, 0) is 17.8 Å². The number of amides is 1. The van der Waals surface area contributed by atoms with Gasteiger partial charge in [0.25, 0.3) is 0 Å². The van der Waals surface area contributed by atoms with Gasteiger partial charge in [-0.05, 0) is 39.8 Å². The first-order valence-electron chi connectivity index (χ1n) is 8.12. The van der Waals surface area contributed by atoms with Crippen LogP contribution in [0.4, 0.5) is 0 Å². The summed E-state index contributed by atoms with van der Waals surface area (Å²) in [4.78, 5) is 18.5. The highest BCUT2D eigenvalue weighted by Gasteiger charge is 2.14. The summed E-state index contributed by atoms with van der Waals surface area (Å²) in [6.45, 7) is 0.837. The summed E-state index contributed by atoms with van der Waals surface area (Å²) < 4.78 is 1.55. The lowest BCUT2D eigenvalue weighted by atomic mass is 10.1. The second kappa shape index (κ2) is 8.48. The van der Waals surface area contributed by atoms with E-state index in [1.807, 2.05) is 36.4 Å². The molecule has 0 bridgehead atoms. The molecule has 0 atom stereocenters. The molecule has 0 spiro atoms. The molecule has 2 heterocycles. The first-order chi connectivity index (χ1) is 12.8. The third kappa shape index (κ3) is 4.48. The number of carbonyl (C=O) groups is 1. The van der Waals surface area contributed by atoms with Crippen molar-refractivity contribution < 1.29 is 4.79 Å². The van der Waals surface area contributed by atoms with E-state index in [0.717, 1.165) is 16.8 Å². The van der Waals surface area contributed by atoms with E-state index in [9.17, 15) is 4.79 Å². The Bertz CT molecular complexity index is 870. The molecule has 0 N–H and O–H groups in total. The molecule has 0 saturated carbocycles. The van der Waals surface area contributed by atoms with Crippen LogP contribution in [0.5, 0.6) is 0 Å². The van der Waals surface area contributed by atoms with Gasteiger partial charge in [-0.2, -0.15) is 5.26 Å². The molecule has 2 aromatic heterocycles. The molecule has 3 rings (SSSR count). The molecule has 0 aliphatic heterocycles. The normalized spacial score (nSPS) is 10.3. The predicted octanol–water partition coefficient (Wildman–Crippen LogP) is 1.54. The van der Waals surface area contributed by atoms with Crippen LogP contribution in [-0.4, -0.2) is 42.5 Å². The van der Waals surface area contributed by atoms with Gasteiger partial charge in [0, 0.05) is 25.5 Å². The molecule has 1 aromatic carbocycles. The minimum absolute atomic E-state index is 0.0284. The molecule has 0 radical (unpaired) electrons. The van der Waals surface area contributed by atoms with Crippen LogP contribution in [0.3, 0.4) is 0 Å². The number of benzene rings is 1. The summed E-state index contributed by atoms with van der Waals surface area (Å²) in [5.41, 5.74) is 2.65. The van der Waals surface area contributed by atoms with Crippen molar-refractivity contribution in [3.05, 3.63) is 66.2 Å². The first-order valence-corrected chi connectivity index (χ1v) is 8.12. The van der Waals surface area contributed by atoms with Crippen molar-refractivity contribution in [1.82, 2.24) is 30.1 Å². The number of carbonyl (C=O) groups excluding carboxylic acids is 1. The number of nitrogens with zero attached hydrogens (tertiary/aromatic N) is 7. The van der Waals surface area contributed by atoms with E-state index >= 15 is 0 Å². The summed E-state index contributed by atoms with van der Waals surface area (Å²) in [5, 5.41) is 19.9. The SMILES string of the molecule is N#CCCN(Cc1cccnc1)C(=O)Cc1ccc(-n2cnnn2)cc1. The maximum atomic E-state index is 12.7. The quantitative estimate of drug-likeness (QED) is 0.643. The molecular weight excluding hydrogens is 330 g/mol. The second-order valence-electron chi connectivity index (χ2n) is 5.68. The van der Waals surface area contributed by atoms with E-state index < -0.39 is 0 Å². The van der Waals surface area contributed by atoms with Crippen LogP contribution in [0.15, 0.2) is 55.1 Å². The van der Waals surface area contributed by atoms with Crippen molar-refractivity contribution in [3.8, 4) is 11.8 Å². The van der Waals surface area contributed by atoms with Crippen LogP contribution >= 0.6 is 0 Å². The highest BCUT2D eigenvalue weighted by molar-refractivity contribution is 5.78. The van der Waals surface area contributed by atoms with Gasteiger partial charge < -0.3 is 4.90 Å². The second-order valence-corrected chi connectivity index (χ2v) is 5.68. The van der Waals surface area contributed by atoms with Crippen LogP contribution in [0.1, 0.15) is 17.5 Å². The zero-order valence-corrected chi connectivity index (χ0v) is 14.1. The number of hydrogen-bond donors (Lipinski definition) is 0. The van der Waals surface area contributed by atoms with E-state index in [2.05, 4.69) is 26.6 Å². The number of tetrazole rings is 1.